The molecule has 2 bridgehead atoms. The third-order valence-corrected chi connectivity index (χ3v) is 7.33. The van der Waals surface area contributed by atoms with E-state index >= 15 is 0 Å². The van der Waals surface area contributed by atoms with Gasteiger partial charge in [0.05, 0.1) is 25.0 Å². The summed E-state index contributed by atoms with van der Waals surface area (Å²) in [5, 5.41) is 0. The molecule has 1 N–H and O–H groups in total. The maximum Gasteiger partial charge on any atom is 0.260 e. The second-order valence-electron chi connectivity index (χ2n) is 8.93. The van der Waals surface area contributed by atoms with Crippen LogP contribution in [0.25, 0.3) is 0 Å². The van der Waals surface area contributed by atoms with Crippen molar-refractivity contribution in [2.75, 3.05) is 26.0 Å². The molecule has 30 heavy (non-hydrogen) atoms. The quantitative estimate of drug-likeness (QED) is 0.769. The van der Waals surface area contributed by atoms with Crippen LogP contribution in [0.5, 0.6) is 5.75 Å². The number of sulfonamides is 1. The molecule has 1 saturated carbocycles. The predicted octanol–water partition coefficient (Wildman–Crippen LogP) is 2.34. The SMILES string of the molecule is Cc1ccc2c(c1)OCC(=O)N1CCCC(NS(C)(=O)=O)[C@@H]1COC1CCC2CC1. The lowest BCUT2D eigenvalue weighted by Gasteiger charge is -2.41. The highest BCUT2D eigenvalue weighted by atomic mass is 32.2. The first kappa shape index (κ1) is 21.6. The zero-order valence-corrected chi connectivity index (χ0v) is 18.6. The summed E-state index contributed by atoms with van der Waals surface area (Å²) in [7, 11) is -3.38. The maximum atomic E-state index is 13.1. The fourth-order valence-electron chi connectivity index (χ4n) is 5.09. The lowest BCUT2D eigenvalue weighted by molar-refractivity contribution is -0.140. The number of benzene rings is 1. The molecule has 1 aromatic rings. The fraction of sp³-hybridized carbons (Fsp3) is 0.682. The van der Waals surface area contributed by atoms with Crippen LogP contribution in [-0.4, -0.2) is 63.4 Å². The Morgan fingerprint density at radius 3 is 2.63 bits per heavy atom. The molecule has 3 aliphatic heterocycles. The normalized spacial score (nSPS) is 30.3. The van der Waals surface area contributed by atoms with E-state index in [0.717, 1.165) is 49.7 Å². The molecule has 2 fully saturated rings. The number of carbonyl (C=O) groups is 1. The number of hydrogen-bond acceptors (Lipinski definition) is 5. The summed E-state index contributed by atoms with van der Waals surface area (Å²) < 4.78 is 38.8. The summed E-state index contributed by atoms with van der Waals surface area (Å²) in [4.78, 5) is 14.9. The third kappa shape index (κ3) is 4.98. The van der Waals surface area contributed by atoms with Crippen molar-refractivity contribution in [1.82, 2.24) is 9.62 Å². The third-order valence-electron chi connectivity index (χ3n) is 6.60. The minimum atomic E-state index is -3.38. The van der Waals surface area contributed by atoms with Gasteiger partial charge in [-0.2, -0.15) is 0 Å². The van der Waals surface area contributed by atoms with Crippen LogP contribution in [0, 0.1) is 6.92 Å². The minimum absolute atomic E-state index is 0.0469. The smallest absolute Gasteiger partial charge is 0.260 e. The van der Waals surface area contributed by atoms with Crippen molar-refractivity contribution in [1.29, 1.82) is 0 Å². The van der Waals surface area contributed by atoms with E-state index in [9.17, 15) is 13.2 Å². The number of hydrogen-bond donors (Lipinski definition) is 1. The van der Waals surface area contributed by atoms with E-state index in [1.54, 1.807) is 4.90 Å². The fourth-order valence-corrected chi connectivity index (χ4v) is 5.91. The van der Waals surface area contributed by atoms with E-state index in [1.165, 1.54) is 5.56 Å². The van der Waals surface area contributed by atoms with Crippen molar-refractivity contribution < 1.29 is 22.7 Å². The van der Waals surface area contributed by atoms with Crippen LogP contribution >= 0.6 is 0 Å². The number of amides is 1. The van der Waals surface area contributed by atoms with E-state index < -0.39 is 10.0 Å². The van der Waals surface area contributed by atoms with Gasteiger partial charge in [-0.3, -0.25) is 4.79 Å². The van der Waals surface area contributed by atoms with Gasteiger partial charge in [-0.15, -0.1) is 0 Å². The Bertz CT molecular complexity index is 880. The lowest BCUT2D eigenvalue weighted by Crippen LogP contribution is -2.59. The Morgan fingerprint density at radius 1 is 1.13 bits per heavy atom. The zero-order chi connectivity index (χ0) is 21.3. The Morgan fingerprint density at radius 2 is 1.90 bits per heavy atom. The monoisotopic (exact) mass is 436 g/mol. The van der Waals surface area contributed by atoms with Crippen LogP contribution < -0.4 is 9.46 Å². The van der Waals surface area contributed by atoms with Crippen LogP contribution in [-0.2, 0) is 19.6 Å². The van der Waals surface area contributed by atoms with E-state index in [0.29, 0.717) is 25.5 Å². The van der Waals surface area contributed by atoms with Gasteiger partial charge in [-0.05, 0) is 68.6 Å². The minimum Gasteiger partial charge on any atom is -0.483 e. The highest BCUT2D eigenvalue weighted by Gasteiger charge is 2.37. The molecular formula is C22H32N2O5S. The van der Waals surface area contributed by atoms with Gasteiger partial charge in [-0.1, -0.05) is 12.1 Å². The predicted molar refractivity (Wildman–Crippen MR) is 114 cm³/mol. The second kappa shape index (κ2) is 8.85. The molecule has 4 aliphatic rings. The average Bonchev–Trinajstić information content (AvgIpc) is 2.71. The standard InChI is InChI=1S/C22H32N2O5S/c1-15-5-10-18-16-6-8-17(9-7-16)28-13-20-19(23-30(2,26)27)4-3-11-24(20)22(25)14-29-21(18)12-15/h5,10,12,16-17,19-20,23H,3-4,6-9,11,13-14H2,1-2H3/t16?,17?,19?,20-/m0/s1. The van der Waals surface area contributed by atoms with Crippen LogP contribution in [0.3, 0.4) is 0 Å². The van der Waals surface area contributed by atoms with E-state index in [2.05, 4.69) is 16.9 Å². The molecule has 5 rings (SSSR count). The summed E-state index contributed by atoms with van der Waals surface area (Å²) in [5.74, 6) is 1.09. The summed E-state index contributed by atoms with van der Waals surface area (Å²) in [6, 6.07) is 5.60. The molecule has 1 saturated heterocycles. The number of piperidine rings is 1. The molecule has 2 atom stereocenters. The van der Waals surface area contributed by atoms with Crippen molar-refractivity contribution >= 4 is 15.9 Å². The van der Waals surface area contributed by atoms with Crippen molar-refractivity contribution in [2.45, 2.75) is 69.6 Å². The van der Waals surface area contributed by atoms with Gasteiger partial charge in [0.1, 0.15) is 5.75 Å². The van der Waals surface area contributed by atoms with Gasteiger partial charge >= 0.3 is 0 Å². The van der Waals surface area contributed by atoms with E-state index in [4.69, 9.17) is 9.47 Å². The zero-order valence-electron chi connectivity index (χ0n) is 17.8. The molecule has 3 heterocycles. The topological polar surface area (TPSA) is 84.9 Å². The lowest BCUT2D eigenvalue weighted by atomic mass is 9.82. The first-order valence-electron chi connectivity index (χ1n) is 10.9. The second-order valence-corrected chi connectivity index (χ2v) is 10.7. The van der Waals surface area contributed by atoms with Crippen LogP contribution in [0.4, 0.5) is 0 Å². The first-order valence-corrected chi connectivity index (χ1v) is 12.8. The van der Waals surface area contributed by atoms with Crippen molar-refractivity contribution in [2.24, 2.45) is 0 Å². The molecular weight excluding hydrogens is 404 g/mol. The Hall–Kier alpha value is -1.64. The van der Waals surface area contributed by atoms with Crippen molar-refractivity contribution in [3.8, 4) is 5.75 Å². The molecule has 7 nitrogen and oxygen atoms in total. The molecule has 1 aliphatic carbocycles. The number of carbonyl (C=O) groups excluding carboxylic acids is 1. The number of aryl methyl sites for hydroxylation is 1. The highest BCUT2D eigenvalue weighted by molar-refractivity contribution is 7.88. The van der Waals surface area contributed by atoms with Gasteiger partial charge in [0.25, 0.3) is 5.91 Å². The highest BCUT2D eigenvalue weighted by Crippen LogP contribution is 2.39. The van der Waals surface area contributed by atoms with Gasteiger partial charge in [0, 0.05) is 12.6 Å². The Balaban J connectivity index is 1.62. The first-order chi connectivity index (χ1) is 14.3. The number of rotatable bonds is 2. The number of fused-ring (bicyclic) bond motifs is 5. The summed E-state index contributed by atoms with van der Waals surface area (Å²) in [5.41, 5.74) is 2.29. The Kier molecular flexibility index (Phi) is 6.36. The number of ether oxygens (including phenoxy) is 2. The Labute approximate surface area is 179 Å². The van der Waals surface area contributed by atoms with Crippen molar-refractivity contribution in [3.63, 3.8) is 0 Å². The molecule has 0 spiro atoms. The maximum absolute atomic E-state index is 13.1. The van der Waals surface area contributed by atoms with Gasteiger partial charge in [0.2, 0.25) is 10.0 Å². The van der Waals surface area contributed by atoms with Crippen LogP contribution in [0.15, 0.2) is 18.2 Å². The molecule has 166 valence electrons. The van der Waals surface area contributed by atoms with Gasteiger partial charge in [-0.25, -0.2) is 13.1 Å². The van der Waals surface area contributed by atoms with E-state index in [-0.39, 0.29) is 30.7 Å². The van der Waals surface area contributed by atoms with Crippen LogP contribution in [0.1, 0.15) is 55.6 Å². The van der Waals surface area contributed by atoms with Crippen molar-refractivity contribution in [3.05, 3.63) is 29.3 Å². The molecule has 0 radical (unpaired) electrons. The largest absolute Gasteiger partial charge is 0.483 e. The summed E-state index contributed by atoms with van der Waals surface area (Å²) in [6.45, 7) is 2.92. The molecule has 1 amide bonds. The van der Waals surface area contributed by atoms with Crippen LogP contribution in [0.2, 0.25) is 0 Å². The van der Waals surface area contributed by atoms with E-state index in [1.807, 2.05) is 13.0 Å². The summed E-state index contributed by atoms with van der Waals surface area (Å²) in [6.07, 6.45) is 6.73. The number of nitrogens with zero attached hydrogens (tertiary/aromatic N) is 1. The van der Waals surface area contributed by atoms with Gasteiger partial charge in [0.15, 0.2) is 6.61 Å². The average molecular weight is 437 g/mol. The molecule has 0 aromatic heterocycles. The van der Waals surface area contributed by atoms with Gasteiger partial charge < -0.3 is 14.4 Å². The molecule has 8 heteroatoms. The molecule has 1 unspecified atom stereocenters. The summed E-state index contributed by atoms with van der Waals surface area (Å²) >= 11 is 0. The molecule has 1 aromatic carbocycles. The number of nitrogens with one attached hydrogen (secondary N) is 1.